The van der Waals surface area contributed by atoms with E-state index in [0.717, 1.165) is 12.6 Å². The van der Waals surface area contributed by atoms with Crippen LogP contribution in [-0.2, 0) is 0 Å². The molecule has 3 nitrogen and oxygen atoms in total. The number of hydrogen-bond donors (Lipinski definition) is 1. The molecule has 0 amide bonds. The Morgan fingerprint density at radius 2 is 1.80 bits per heavy atom. The van der Waals surface area contributed by atoms with Crippen molar-refractivity contribution >= 4 is 0 Å². The number of hydrogen-bond acceptors (Lipinski definition) is 3. The van der Waals surface area contributed by atoms with Crippen LogP contribution in [0.5, 0.6) is 0 Å². The molecule has 2 fully saturated rings. The lowest BCUT2D eigenvalue weighted by atomic mass is 9.92. The van der Waals surface area contributed by atoms with Gasteiger partial charge >= 0.3 is 0 Å². The summed E-state index contributed by atoms with van der Waals surface area (Å²) in [6, 6.07) is 1.43. The molecule has 1 N–H and O–H groups in total. The maximum atomic E-state index is 3.60. The molecule has 0 aliphatic carbocycles. The van der Waals surface area contributed by atoms with Crippen LogP contribution in [0.3, 0.4) is 0 Å². The van der Waals surface area contributed by atoms with Crippen LogP contribution in [0.2, 0.25) is 0 Å². The largest absolute Gasteiger partial charge is 0.314 e. The SMILES string of the molecule is CC(C)NCC(C)(C)CN1CCC(N2CCCCC2)C1. The summed E-state index contributed by atoms with van der Waals surface area (Å²) in [5.74, 6) is 0. The number of nitrogens with one attached hydrogen (secondary N) is 1. The number of piperidine rings is 1. The van der Waals surface area contributed by atoms with Crippen LogP contribution in [0, 0.1) is 5.41 Å². The van der Waals surface area contributed by atoms with Crippen molar-refractivity contribution in [1.29, 1.82) is 0 Å². The molecule has 0 aromatic carbocycles. The number of nitrogens with zero attached hydrogens (tertiary/aromatic N) is 2. The molecular weight excluding hydrogens is 246 g/mol. The van der Waals surface area contributed by atoms with Gasteiger partial charge in [0.2, 0.25) is 0 Å². The summed E-state index contributed by atoms with van der Waals surface area (Å²) in [4.78, 5) is 5.45. The predicted molar refractivity (Wildman–Crippen MR) is 87.2 cm³/mol. The Labute approximate surface area is 126 Å². The smallest absolute Gasteiger partial charge is 0.0235 e. The standard InChI is InChI=1S/C17H35N3/c1-15(2)18-13-17(3,4)14-19-11-8-16(12-19)20-9-6-5-7-10-20/h15-16,18H,5-14H2,1-4H3. The number of rotatable bonds is 6. The molecule has 3 heteroatoms. The van der Waals surface area contributed by atoms with Crippen molar-refractivity contribution in [2.24, 2.45) is 5.41 Å². The zero-order valence-electron chi connectivity index (χ0n) is 14.1. The summed E-state index contributed by atoms with van der Waals surface area (Å²) in [5, 5.41) is 3.60. The van der Waals surface area contributed by atoms with E-state index in [4.69, 9.17) is 0 Å². The summed E-state index contributed by atoms with van der Waals surface area (Å²) in [6.07, 6.45) is 5.66. The Bertz CT molecular complexity index is 282. The van der Waals surface area contributed by atoms with Gasteiger partial charge in [-0.05, 0) is 44.3 Å². The summed E-state index contributed by atoms with van der Waals surface area (Å²) in [7, 11) is 0. The highest BCUT2D eigenvalue weighted by Gasteiger charge is 2.31. The van der Waals surface area contributed by atoms with Gasteiger partial charge in [0.25, 0.3) is 0 Å². The lowest BCUT2D eigenvalue weighted by Gasteiger charge is -2.34. The Kier molecular flexibility index (Phi) is 5.88. The molecule has 2 heterocycles. The third-order valence-electron chi connectivity index (χ3n) is 4.80. The van der Waals surface area contributed by atoms with Crippen molar-refractivity contribution in [3.63, 3.8) is 0 Å². The molecule has 2 rings (SSSR count). The highest BCUT2D eigenvalue weighted by Crippen LogP contribution is 2.24. The van der Waals surface area contributed by atoms with Crippen LogP contribution in [0.25, 0.3) is 0 Å². The first-order valence-corrected chi connectivity index (χ1v) is 8.66. The van der Waals surface area contributed by atoms with Gasteiger partial charge in [-0.25, -0.2) is 0 Å². The molecule has 0 aromatic heterocycles. The summed E-state index contributed by atoms with van der Waals surface area (Å²) < 4.78 is 0. The van der Waals surface area contributed by atoms with Gasteiger partial charge in [-0.1, -0.05) is 34.1 Å². The Hall–Kier alpha value is -0.120. The van der Waals surface area contributed by atoms with E-state index in [2.05, 4.69) is 42.8 Å². The molecule has 1 unspecified atom stereocenters. The topological polar surface area (TPSA) is 18.5 Å². The van der Waals surface area contributed by atoms with Crippen molar-refractivity contribution in [3.8, 4) is 0 Å². The van der Waals surface area contributed by atoms with Crippen molar-refractivity contribution < 1.29 is 0 Å². The van der Waals surface area contributed by atoms with Crippen molar-refractivity contribution in [3.05, 3.63) is 0 Å². The van der Waals surface area contributed by atoms with Gasteiger partial charge in [-0.2, -0.15) is 0 Å². The lowest BCUT2D eigenvalue weighted by molar-refractivity contribution is 0.148. The van der Waals surface area contributed by atoms with Gasteiger partial charge in [-0.15, -0.1) is 0 Å². The van der Waals surface area contributed by atoms with Gasteiger partial charge < -0.3 is 10.2 Å². The highest BCUT2D eigenvalue weighted by molar-refractivity contribution is 4.87. The van der Waals surface area contributed by atoms with Crippen molar-refractivity contribution in [1.82, 2.24) is 15.1 Å². The maximum Gasteiger partial charge on any atom is 0.0235 e. The van der Waals surface area contributed by atoms with Crippen LogP contribution >= 0.6 is 0 Å². The molecule has 0 aromatic rings. The number of likely N-dealkylation sites (tertiary alicyclic amines) is 2. The minimum atomic E-state index is 0.376. The first-order chi connectivity index (χ1) is 9.46. The Morgan fingerprint density at radius 3 is 2.45 bits per heavy atom. The lowest BCUT2D eigenvalue weighted by Crippen LogP contribution is -2.44. The summed E-state index contributed by atoms with van der Waals surface area (Å²) in [5.41, 5.74) is 0.376. The minimum Gasteiger partial charge on any atom is -0.314 e. The van der Waals surface area contributed by atoms with Crippen LogP contribution in [0.1, 0.15) is 53.4 Å². The average molecular weight is 281 g/mol. The zero-order chi connectivity index (χ0) is 14.6. The van der Waals surface area contributed by atoms with E-state index in [1.165, 1.54) is 58.4 Å². The summed E-state index contributed by atoms with van der Waals surface area (Å²) in [6.45, 7) is 16.9. The molecule has 20 heavy (non-hydrogen) atoms. The summed E-state index contributed by atoms with van der Waals surface area (Å²) >= 11 is 0. The molecule has 2 saturated heterocycles. The fraction of sp³-hybridized carbons (Fsp3) is 1.00. The molecule has 0 spiro atoms. The van der Waals surface area contributed by atoms with Crippen LogP contribution in [0.15, 0.2) is 0 Å². The third kappa shape index (κ3) is 5.01. The predicted octanol–water partition coefficient (Wildman–Crippen LogP) is 2.57. The molecule has 0 bridgehead atoms. The monoisotopic (exact) mass is 281 g/mol. The van der Waals surface area contributed by atoms with Gasteiger partial charge in [0.1, 0.15) is 0 Å². The van der Waals surface area contributed by atoms with Gasteiger partial charge in [-0.3, -0.25) is 4.90 Å². The quantitative estimate of drug-likeness (QED) is 0.807. The Balaban J connectivity index is 1.74. The normalized spacial score (nSPS) is 26.6. The van der Waals surface area contributed by atoms with E-state index in [0.29, 0.717) is 11.5 Å². The molecule has 2 aliphatic rings. The second kappa shape index (κ2) is 7.24. The first kappa shape index (κ1) is 16.3. The van der Waals surface area contributed by atoms with E-state index in [1.807, 2.05) is 0 Å². The third-order valence-corrected chi connectivity index (χ3v) is 4.80. The maximum absolute atomic E-state index is 3.60. The second-order valence-electron chi connectivity index (χ2n) is 7.97. The molecular formula is C17H35N3. The molecule has 2 aliphatic heterocycles. The average Bonchev–Trinajstić information content (AvgIpc) is 2.85. The van der Waals surface area contributed by atoms with E-state index in [-0.39, 0.29) is 0 Å². The van der Waals surface area contributed by atoms with E-state index >= 15 is 0 Å². The Morgan fingerprint density at radius 1 is 1.10 bits per heavy atom. The molecule has 0 saturated carbocycles. The fourth-order valence-electron chi connectivity index (χ4n) is 3.68. The van der Waals surface area contributed by atoms with Crippen LogP contribution in [-0.4, -0.2) is 61.2 Å². The zero-order valence-corrected chi connectivity index (χ0v) is 14.1. The van der Waals surface area contributed by atoms with Crippen LogP contribution in [0.4, 0.5) is 0 Å². The van der Waals surface area contributed by atoms with E-state index in [9.17, 15) is 0 Å². The molecule has 118 valence electrons. The second-order valence-corrected chi connectivity index (χ2v) is 7.97. The first-order valence-electron chi connectivity index (χ1n) is 8.66. The molecule has 0 radical (unpaired) electrons. The van der Waals surface area contributed by atoms with E-state index < -0.39 is 0 Å². The molecule has 1 atom stereocenters. The van der Waals surface area contributed by atoms with Gasteiger partial charge in [0.15, 0.2) is 0 Å². The van der Waals surface area contributed by atoms with Crippen molar-refractivity contribution in [2.45, 2.75) is 65.5 Å². The van der Waals surface area contributed by atoms with Crippen LogP contribution < -0.4 is 5.32 Å². The highest BCUT2D eigenvalue weighted by atomic mass is 15.3. The van der Waals surface area contributed by atoms with Gasteiger partial charge in [0, 0.05) is 31.7 Å². The minimum absolute atomic E-state index is 0.376. The van der Waals surface area contributed by atoms with Crippen molar-refractivity contribution in [2.75, 3.05) is 39.3 Å². The van der Waals surface area contributed by atoms with Gasteiger partial charge in [0.05, 0.1) is 0 Å². The van der Waals surface area contributed by atoms with E-state index in [1.54, 1.807) is 0 Å². The fourth-order valence-corrected chi connectivity index (χ4v) is 3.68.